The minimum atomic E-state index is -1.04. The van der Waals surface area contributed by atoms with Crippen LogP contribution in [0.3, 0.4) is 0 Å². The van der Waals surface area contributed by atoms with Crippen LogP contribution in [0.1, 0.15) is 33.1 Å². The van der Waals surface area contributed by atoms with E-state index in [4.69, 9.17) is 5.73 Å². The van der Waals surface area contributed by atoms with Crippen molar-refractivity contribution in [3.05, 3.63) is 0 Å². The van der Waals surface area contributed by atoms with E-state index in [2.05, 4.69) is 23.3 Å². The van der Waals surface area contributed by atoms with Gasteiger partial charge in [-0.25, -0.2) is 4.79 Å². The standard InChI is InChI=1S/C16H28N4O5S/c1-3-9(2)13(15(23)20-6-4-5-11(20)16(24)25)19-12(21)7-18-14(22)10(17)8-26/h9-11,13,26H,3-8,17H2,1-2H3,(H,18,22)(H,19,21)(H,24,25). The molecule has 26 heavy (non-hydrogen) atoms. The fourth-order valence-electron chi connectivity index (χ4n) is 2.75. The lowest BCUT2D eigenvalue weighted by Crippen LogP contribution is -2.56. The number of carbonyl (C=O) groups excluding carboxylic acids is 3. The monoisotopic (exact) mass is 388 g/mol. The van der Waals surface area contributed by atoms with E-state index in [1.807, 2.05) is 13.8 Å². The number of hydrogen-bond acceptors (Lipinski definition) is 6. The highest BCUT2D eigenvalue weighted by Gasteiger charge is 2.39. The van der Waals surface area contributed by atoms with Crippen LogP contribution in [0.2, 0.25) is 0 Å². The molecular formula is C16H28N4O5S. The summed E-state index contributed by atoms with van der Waals surface area (Å²) < 4.78 is 0. The van der Waals surface area contributed by atoms with Crippen molar-refractivity contribution in [3.63, 3.8) is 0 Å². The lowest BCUT2D eigenvalue weighted by molar-refractivity contribution is -0.150. The smallest absolute Gasteiger partial charge is 0.326 e. The molecule has 0 radical (unpaired) electrons. The fraction of sp³-hybridized carbons (Fsp3) is 0.750. The molecule has 10 heteroatoms. The van der Waals surface area contributed by atoms with E-state index >= 15 is 0 Å². The maximum absolute atomic E-state index is 12.8. The van der Waals surface area contributed by atoms with Crippen LogP contribution in [0, 0.1) is 5.92 Å². The van der Waals surface area contributed by atoms with Gasteiger partial charge in [0.1, 0.15) is 12.1 Å². The molecule has 1 aliphatic rings. The lowest BCUT2D eigenvalue weighted by atomic mass is 9.97. The van der Waals surface area contributed by atoms with Crippen LogP contribution in [0.5, 0.6) is 0 Å². The first-order valence-corrected chi connectivity index (χ1v) is 9.32. The van der Waals surface area contributed by atoms with Gasteiger partial charge in [0.25, 0.3) is 0 Å². The summed E-state index contributed by atoms with van der Waals surface area (Å²) in [5, 5.41) is 14.3. The van der Waals surface area contributed by atoms with Crippen LogP contribution in [0.4, 0.5) is 0 Å². The molecule has 1 heterocycles. The van der Waals surface area contributed by atoms with E-state index in [0.717, 1.165) is 0 Å². The third-order valence-corrected chi connectivity index (χ3v) is 4.97. The van der Waals surface area contributed by atoms with Gasteiger partial charge < -0.3 is 26.4 Å². The average molecular weight is 388 g/mol. The quantitative estimate of drug-likeness (QED) is 0.320. The molecule has 0 aromatic carbocycles. The number of nitrogens with one attached hydrogen (secondary N) is 2. The van der Waals surface area contributed by atoms with Gasteiger partial charge in [-0.3, -0.25) is 14.4 Å². The molecule has 0 aliphatic carbocycles. The molecule has 1 aliphatic heterocycles. The van der Waals surface area contributed by atoms with Crippen LogP contribution in [-0.4, -0.2) is 70.7 Å². The zero-order valence-electron chi connectivity index (χ0n) is 15.1. The second kappa shape index (κ2) is 10.4. The SMILES string of the molecule is CCC(C)C(NC(=O)CNC(=O)C(N)CS)C(=O)N1CCCC1C(=O)O. The number of carboxylic acid groups (broad SMARTS) is 1. The second-order valence-electron chi connectivity index (χ2n) is 6.47. The predicted molar refractivity (Wildman–Crippen MR) is 98.6 cm³/mol. The summed E-state index contributed by atoms with van der Waals surface area (Å²) in [6.45, 7) is 3.72. The number of rotatable bonds is 9. The molecule has 0 aromatic heterocycles. The van der Waals surface area contributed by atoms with Crippen LogP contribution >= 0.6 is 12.6 Å². The molecule has 1 rings (SSSR count). The summed E-state index contributed by atoms with van der Waals surface area (Å²) in [7, 11) is 0. The van der Waals surface area contributed by atoms with Gasteiger partial charge in [0.15, 0.2) is 0 Å². The van der Waals surface area contributed by atoms with Crippen molar-refractivity contribution < 1.29 is 24.3 Å². The normalized spacial score (nSPS) is 20.2. The van der Waals surface area contributed by atoms with Gasteiger partial charge in [0.2, 0.25) is 17.7 Å². The molecule has 0 bridgehead atoms. The van der Waals surface area contributed by atoms with Crippen LogP contribution in [0.15, 0.2) is 0 Å². The van der Waals surface area contributed by atoms with Crippen molar-refractivity contribution in [1.82, 2.24) is 15.5 Å². The largest absolute Gasteiger partial charge is 0.480 e. The van der Waals surface area contributed by atoms with E-state index < -0.39 is 41.8 Å². The Kier molecular flexibility index (Phi) is 8.86. The molecular weight excluding hydrogens is 360 g/mol. The molecule has 0 spiro atoms. The molecule has 4 atom stereocenters. The summed E-state index contributed by atoms with van der Waals surface area (Å²) in [5.41, 5.74) is 5.51. The van der Waals surface area contributed by atoms with Gasteiger partial charge in [-0.1, -0.05) is 20.3 Å². The number of hydrogen-bond donors (Lipinski definition) is 5. The summed E-state index contributed by atoms with van der Waals surface area (Å²) in [6.07, 6.45) is 1.64. The van der Waals surface area contributed by atoms with E-state index in [-0.39, 0.29) is 18.2 Å². The minimum absolute atomic E-state index is 0.146. The number of carboxylic acids is 1. The van der Waals surface area contributed by atoms with Crippen LogP contribution in [0.25, 0.3) is 0 Å². The highest BCUT2D eigenvalue weighted by Crippen LogP contribution is 2.21. The summed E-state index contributed by atoms with van der Waals surface area (Å²) in [4.78, 5) is 49.2. The topological polar surface area (TPSA) is 142 Å². The number of nitrogens with zero attached hydrogens (tertiary/aromatic N) is 1. The summed E-state index contributed by atoms with van der Waals surface area (Å²) in [5.74, 6) is -2.53. The Hall–Kier alpha value is -1.81. The minimum Gasteiger partial charge on any atom is -0.480 e. The van der Waals surface area contributed by atoms with Crippen LogP contribution < -0.4 is 16.4 Å². The summed E-state index contributed by atoms with van der Waals surface area (Å²) in [6, 6.07) is -2.53. The molecule has 9 nitrogen and oxygen atoms in total. The summed E-state index contributed by atoms with van der Waals surface area (Å²) >= 11 is 3.91. The van der Waals surface area contributed by atoms with E-state index in [9.17, 15) is 24.3 Å². The average Bonchev–Trinajstić information content (AvgIpc) is 3.12. The third kappa shape index (κ3) is 5.87. The molecule has 4 unspecified atom stereocenters. The molecule has 0 saturated carbocycles. The van der Waals surface area contributed by atoms with E-state index in [0.29, 0.717) is 25.8 Å². The van der Waals surface area contributed by atoms with Crippen LogP contribution in [-0.2, 0) is 19.2 Å². The number of carbonyl (C=O) groups is 4. The number of aliphatic carboxylic acids is 1. The van der Waals surface area contributed by atoms with Crippen molar-refractivity contribution in [1.29, 1.82) is 0 Å². The van der Waals surface area contributed by atoms with Gasteiger partial charge in [-0.05, 0) is 18.8 Å². The Morgan fingerprint density at radius 1 is 1.35 bits per heavy atom. The number of thiol groups is 1. The maximum atomic E-state index is 12.8. The Balaban J connectivity index is 2.74. The Bertz CT molecular complexity index is 545. The molecule has 3 amide bonds. The van der Waals surface area contributed by atoms with Gasteiger partial charge in [0.05, 0.1) is 12.6 Å². The first kappa shape index (κ1) is 22.2. The molecule has 148 valence electrons. The van der Waals surface area contributed by atoms with Gasteiger partial charge in [0, 0.05) is 12.3 Å². The highest BCUT2D eigenvalue weighted by molar-refractivity contribution is 7.80. The number of nitrogens with two attached hydrogens (primary N) is 1. The van der Waals surface area contributed by atoms with Crippen molar-refractivity contribution in [3.8, 4) is 0 Å². The molecule has 0 aromatic rings. The Labute approximate surface area is 158 Å². The molecule has 1 fully saturated rings. The lowest BCUT2D eigenvalue weighted by Gasteiger charge is -2.30. The van der Waals surface area contributed by atoms with Crippen molar-refractivity contribution in [2.75, 3.05) is 18.8 Å². The van der Waals surface area contributed by atoms with E-state index in [1.165, 1.54) is 4.90 Å². The Morgan fingerprint density at radius 3 is 2.54 bits per heavy atom. The first-order chi connectivity index (χ1) is 12.2. The highest BCUT2D eigenvalue weighted by atomic mass is 32.1. The van der Waals surface area contributed by atoms with Crippen molar-refractivity contribution in [2.45, 2.75) is 51.2 Å². The number of likely N-dealkylation sites (tertiary alicyclic amines) is 1. The predicted octanol–water partition coefficient (Wildman–Crippen LogP) is -1.03. The van der Waals surface area contributed by atoms with E-state index in [1.54, 1.807) is 0 Å². The zero-order valence-corrected chi connectivity index (χ0v) is 16.0. The molecule has 1 saturated heterocycles. The van der Waals surface area contributed by atoms with Gasteiger partial charge in [-0.2, -0.15) is 12.6 Å². The zero-order chi connectivity index (χ0) is 19.9. The fourth-order valence-corrected chi connectivity index (χ4v) is 2.92. The van der Waals surface area contributed by atoms with Gasteiger partial charge >= 0.3 is 5.97 Å². The maximum Gasteiger partial charge on any atom is 0.326 e. The Morgan fingerprint density at radius 2 is 2.00 bits per heavy atom. The third-order valence-electron chi connectivity index (χ3n) is 4.57. The number of amides is 3. The second-order valence-corrected chi connectivity index (χ2v) is 6.83. The molecule has 5 N–H and O–H groups in total. The van der Waals surface area contributed by atoms with Crippen molar-refractivity contribution >= 4 is 36.3 Å². The van der Waals surface area contributed by atoms with Crippen molar-refractivity contribution in [2.24, 2.45) is 11.7 Å². The van der Waals surface area contributed by atoms with Gasteiger partial charge in [-0.15, -0.1) is 0 Å². The first-order valence-electron chi connectivity index (χ1n) is 8.69.